The Hall–Kier alpha value is -0.780. The Morgan fingerprint density at radius 3 is 2.39 bits per heavy atom. The third-order valence-electron chi connectivity index (χ3n) is 2.79. The lowest BCUT2D eigenvalue weighted by Crippen LogP contribution is -2.36. The highest BCUT2D eigenvalue weighted by Gasteiger charge is 2.40. The van der Waals surface area contributed by atoms with Crippen LogP contribution in [0, 0.1) is 11.8 Å². The zero-order valence-electron chi connectivity index (χ0n) is 11.2. The lowest BCUT2D eigenvalue weighted by molar-refractivity contribution is -0.145. The molecule has 1 saturated heterocycles. The highest BCUT2D eigenvalue weighted by Crippen LogP contribution is 2.27. The van der Waals surface area contributed by atoms with Crippen LogP contribution < -0.4 is 0 Å². The molecule has 2 atom stereocenters. The first-order chi connectivity index (χ1) is 8.28. The van der Waals surface area contributed by atoms with Crippen molar-refractivity contribution >= 4 is 28.0 Å². The summed E-state index contributed by atoms with van der Waals surface area (Å²) in [7, 11) is 1.36. The fourth-order valence-electron chi connectivity index (χ4n) is 1.92. The van der Waals surface area contributed by atoms with E-state index >= 15 is 0 Å². The summed E-state index contributed by atoms with van der Waals surface area (Å²) in [6, 6.07) is 0. The molecule has 0 aromatic heterocycles. The maximum absolute atomic E-state index is 11.9. The van der Waals surface area contributed by atoms with Gasteiger partial charge in [0.05, 0.1) is 13.0 Å². The van der Waals surface area contributed by atoms with Gasteiger partial charge in [0.15, 0.2) is 0 Å². The molecular formula is C12H20BrNO4. The van der Waals surface area contributed by atoms with Crippen molar-refractivity contribution in [2.24, 2.45) is 11.8 Å². The minimum absolute atomic E-state index is 0.0740. The molecule has 0 bridgehead atoms. The Morgan fingerprint density at radius 1 is 1.33 bits per heavy atom. The van der Waals surface area contributed by atoms with E-state index in [1.165, 1.54) is 7.11 Å². The van der Waals surface area contributed by atoms with Crippen LogP contribution in [0.2, 0.25) is 0 Å². The Morgan fingerprint density at radius 2 is 1.94 bits per heavy atom. The topological polar surface area (TPSA) is 55.8 Å². The Bertz CT molecular complexity index is 327. The van der Waals surface area contributed by atoms with Gasteiger partial charge in [-0.25, -0.2) is 4.79 Å². The molecule has 1 aliphatic rings. The molecule has 1 heterocycles. The summed E-state index contributed by atoms with van der Waals surface area (Å²) in [6.07, 6.45) is -0.375. The molecule has 0 saturated carbocycles. The summed E-state index contributed by atoms with van der Waals surface area (Å²) in [5.74, 6) is -0.475. The first-order valence-corrected chi connectivity index (χ1v) is 7.02. The predicted octanol–water partition coefficient (Wildman–Crippen LogP) is 2.04. The smallest absolute Gasteiger partial charge is 0.410 e. The number of likely N-dealkylation sites (tertiary alicyclic amines) is 1. The summed E-state index contributed by atoms with van der Waals surface area (Å²) in [5, 5.41) is 0.659. The molecule has 104 valence electrons. The average Bonchev–Trinajstić information content (AvgIpc) is 2.69. The van der Waals surface area contributed by atoms with Crippen LogP contribution in [0.3, 0.4) is 0 Å². The highest BCUT2D eigenvalue weighted by molar-refractivity contribution is 9.09. The first kappa shape index (κ1) is 15.3. The monoisotopic (exact) mass is 321 g/mol. The summed E-state index contributed by atoms with van der Waals surface area (Å²) < 4.78 is 10.1. The SMILES string of the molecule is COC(=O)[C@H]1CN(C(=O)OC(C)(C)C)C[C@H]1CBr. The Kier molecular flexibility index (Phi) is 5.01. The van der Waals surface area contributed by atoms with E-state index in [9.17, 15) is 9.59 Å². The zero-order chi connectivity index (χ0) is 13.9. The zero-order valence-corrected chi connectivity index (χ0v) is 12.8. The van der Waals surface area contributed by atoms with Crippen LogP contribution in [0.5, 0.6) is 0 Å². The van der Waals surface area contributed by atoms with E-state index in [2.05, 4.69) is 15.9 Å². The van der Waals surface area contributed by atoms with Gasteiger partial charge in [-0.3, -0.25) is 4.79 Å². The molecule has 0 N–H and O–H groups in total. The molecule has 18 heavy (non-hydrogen) atoms. The van der Waals surface area contributed by atoms with E-state index in [1.54, 1.807) is 4.90 Å². The maximum Gasteiger partial charge on any atom is 0.410 e. The van der Waals surface area contributed by atoms with Gasteiger partial charge in [-0.15, -0.1) is 0 Å². The second-order valence-electron chi connectivity index (χ2n) is 5.43. The number of nitrogens with zero attached hydrogens (tertiary/aromatic N) is 1. The lowest BCUT2D eigenvalue weighted by atomic mass is 9.99. The molecule has 5 nitrogen and oxygen atoms in total. The molecular weight excluding hydrogens is 302 g/mol. The fraction of sp³-hybridized carbons (Fsp3) is 0.833. The molecule has 0 radical (unpaired) electrons. The van der Waals surface area contributed by atoms with Crippen molar-refractivity contribution in [3.63, 3.8) is 0 Å². The number of hydrogen-bond donors (Lipinski definition) is 0. The van der Waals surface area contributed by atoms with Crippen molar-refractivity contribution in [2.75, 3.05) is 25.5 Å². The number of alkyl halides is 1. The quantitative estimate of drug-likeness (QED) is 0.577. The third kappa shape index (κ3) is 3.86. The van der Waals surface area contributed by atoms with Crippen molar-refractivity contribution < 1.29 is 19.1 Å². The van der Waals surface area contributed by atoms with Crippen LogP contribution in [-0.2, 0) is 14.3 Å². The molecule has 0 spiro atoms. The van der Waals surface area contributed by atoms with Gasteiger partial charge >= 0.3 is 12.1 Å². The third-order valence-corrected chi connectivity index (χ3v) is 3.63. The molecule has 0 aromatic carbocycles. The number of rotatable bonds is 2. The Labute approximate surface area is 116 Å². The van der Waals surface area contributed by atoms with E-state index in [0.717, 1.165) is 0 Å². The van der Waals surface area contributed by atoms with E-state index < -0.39 is 5.60 Å². The van der Waals surface area contributed by atoms with Gasteiger partial charge in [0, 0.05) is 24.3 Å². The second kappa shape index (κ2) is 5.91. The highest BCUT2D eigenvalue weighted by atomic mass is 79.9. The van der Waals surface area contributed by atoms with Gasteiger partial charge in [-0.1, -0.05) is 15.9 Å². The summed E-state index contributed by atoms with van der Waals surface area (Å²) in [5.41, 5.74) is -0.523. The predicted molar refractivity (Wildman–Crippen MR) is 70.6 cm³/mol. The number of esters is 1. The number of carbonyl (C=O) groups is 2. The number of carbonyl (C=O) groups excluding carboxylic acids is 2. The van der Waals surface area contributed by atoms with Crippen molar-refractivity contribution in [3.8, 4) is 0 Å². The van der Waals surface area contributed by atoms with Crippen molar-refractivity contribution in [1.29, 1.82) is 0 Å². The molecule has 0 unspecified atom stereocenters. The van der Waals surface area contributed by atoms with Crippen LogP contribution in [0.1, 0.15) is 20.8 Å². The van der Waals surface area contributed by atoms with Gasteiger partial charge < -0.3 is 14.4 Å². The van der Waals surface area contributed by atoms with E-state index in [4.69, 9.17) is 9.47 Å². The number of amides is 1. The van der Waals surface area contributed by atoms with Crippen molar-refractivity contribution in [3.05, 3.63) is 0 Å². The molecule has 0 aliphatic carbocycles. The van der Waals surface area contributed by atoms with Crippen molar-refractivity contribution in [2.45, 2.75) is 26.4 Å². The maximum atomic E-state index is 11.9. The lowest BCUT2D eigenvalue weighted by Gasteiger charge is -2.24. The molecule has 1 amide bonds. The van der Waals surface area contributed by atoms with E-state index in [-0.39, 0.29) is 23.9 Å². The van der Waals surface area contributed by atoms with Gasteiger partial charge in [0.1, 0.15) is 5.60 Å². The van der Waals surface area contributed by atoms with Crippen LogP contribution in [0.4, 0.5) is 4.79 Å². The largest absolute Gasteiger partial charge is 0.469 e. The molecule has 1 aliphatic heterocycles. The molecule has 6 heteroatoms. The molecule has 1 fully saturated rings. The average molecular weight is 322 g/mol. The van der Waals surface area contributed by atoms with E-state index in [1.807, 2.05) is 20.8 Å². The number of halogens is 1. The number of hydrogen-bond acceptors (Lipinski definition) is 4. The van der Waals surface area contributed by atoms with Crippen LogP contribution in [0.15, 0.2) is 0 Å². The second-order valence-corrected chi connectivity index (χ2v) is 6.08. The van der Waals surface area contributed by atoms with Crippen molar-refractivity contribution in [1.82, 2.24) is 4.90 Å². The summed E-state index contributed by atoms with van der Waals surface area (Å²) >= 11 is 3.37. The summed E-state index contributed by atoms with van der Waals surface area (Å²) in [6.45, 7) is 6.33. The number of methoxy groups -OCH3 is 1. The van der Waals surface area contributed by atoms with Crippen LogP contribution in [-0.4, -0.2) is 48.1 Å². The fourth-order valence-corrected chi connectivity index (χ4v) is 2.58. The van der Waals surface area contributed by atoms with Gasteiger partial charge in [-0.05, 0) is 20.8 Å². The van der Waals surface area contributed by atoms with Gasteiger partial charge in [0.2, 0.25) is 0 Å². The van der Waals surface area contributed by atoms with E-state index in [0.29, 0.717) is 18.4 Å². The van der Waals surface area contributed by atoms with Gasteiger partial charge in [-0.2, -0.15) is 0 Å². The minimum atomic E-state index is -0.523. The van der Waals surface area contributed by atoms with Crippen LogP contribution in [0.25, 0.3) is 0 Å². The summed E-state index contributed by atoms with van der Waals surface area (Å²) in [4.78, 5) is 25.1. The Balaban J connectivity index is 2.66. The first-order valence-electron chi connectivity index (χ1n) is 5.90. The molecule has 0 aromatic rings. The standard InChI is InChI=1S/C12H20BrNO4/c1-12(2,3)18-11(16)14-6-8(5-13)9(7-14)10(15)17-4/h8-9H,5-7H2,1-4H3/t8-,9+/m1/s1. The normalized spacial score (nSPS) is 23.9. The minimum Gasteiger partial charge on any atom is -0.469 e. The molecule has 1 rings (SSSR count). The number of ether oxygens (including phenoxy) is 2. The van der Waals surface area contributed by atoms with Crippen LogP contribution >= 0.6 is 15.9 Å². The van der Waals surface area contributed by atoms with Gasteiger partial charge in [0.25, 0.3) is 0 Å².